The average molecular weight is 340 g/mol. The maximum absolute atomic E-state index is 10.4. The lowest BCUT2D eigenvalue weighted by molar-refractivity contribution is -0.131. The van der Waals surface area contributed by atoms with E-state index in [0.717, 1.165) is 21.0 Å². The van der Waals surface area contributed by atoms with E-state index >= 15 is 0 Å². The van der Waals surface area contributed by atoms with Crippen LogP contribution in [0.25, 0.3) is 17.4 Å². The predicted molar refractivity (Wildman–Crippen MR) is 73.5 cm³/mol. The number of hydrogen-bond acceptors (Lipinski definition) is 2. The molecule has 4 heteroatoms. The van der Waals surface area contributed by atoms with Gasteiger partial charge in [-0.1, -0.05) is 12.1 Å². The molecule has 0 aliphatic heterocycles. The first kappa shape index (κ1) is 11.9. The van der Waals surface area contributed by atoms with Crippen molar-refractivity contribution in [3.8, 4) is 11.3 Å². The molecule has 1 aromatic carbocycles. The van der Waals surface area contributed by atoms with Crippen molar-refractivity contribution in [1.82, 2.24) is 0 Å². The molecule has 1 heterocycles. The minimum absolute atomic E-state index is 0.529. The van der Waals surface area contributed by atoms with Crippen LogP contribution in [0.3, 0.4) is 0 Å². The summed E-state index contributed by atoms with van der Waals surface area (Å²) in [5.41, 5.74) is 0.973. The largest absolute Gasteiger partial charge is 0.478 e. The number of benzene rings is 1. The third-order valence-corrected chi connectivity index (χ3v) is 2.86. The van der Waals surface area contributed by atoms with Gasteiger partial charge in [-0.15, -0.1) is 0 Å². The second-order valence-electron chi connectivity index (χ2n) is 3.38. The van der Waals surface area contributed by atoms with Gasteiger partial charge < -0.3 is 9.52 Å². The highest BCUT2D eigenvalue weighted by atomic mass is 127. The lowest BCUT2D eigenvalue weighted by Gasteiger charge is -1.96. The molecule has 1 aromatic heterocycles. The van der Waals surface area contributed by atoms with Crippen LogP contribution in [0.5, 0.6) is 0 Å². The lowest BCUT2D eigenvalue weighted by Crippen LogP contribution is -1.84. The first-order valence-corrected chi connectivity index (χ1v) is 6.00. The van der Waals surface area contributed by atoms with Crippen LogP contribution in [0.1, 0.15) is 5.76 Å². The Hall–Kier alpha value is -1.56. The summed E-state index contributed by atoms with van der Waals surface area (Å²) in [7, 11) is 0. The molecular formula is C13H9IO3. The third-order valence-electron chi connectivity index (χ3n) is 2.15. The van der Waals surface area contributed by atoms with Gasteiger partial charge in [-0.05, 0) is 52.9 Å². The molecule has 0 amide bonds. The Morgan fingerprint density at radius 1 is 1.18 bits per heavy atom. The van der Waals surface area contributed by atoms with E-state index in [1.807, 2.05) is 30.3 Å². The zero-order chi connectivity index (χ0) is 12.3. The smallest absolute Gasteiger partial charge is 0.328 e. The van der Waals surface area contributed by atoms with Gasteiger partial charge in [0.15, 0.2) is 0 Å². The first-order valence-electron chi connectivity index (χ1n) is 4.92. The number of carboxylic acid groups (broad SMARTS) is 1. The number of rotatable bonds is 3. The van der Waals surface area contributed by atoms with E-state index < -0.39 is 5.97 Å². The predicted octanol–water partition coefficient (Wildman–Crippen LogP) is 3.65. The van der Waals surface area contributed by atoms with Crippen LogP contribution >= 0.6 is 22.6 Å². The molecule has 86 valence electrons. The maximum atomic E-state index is 10.4. The van der Waals surface area contributed by atoms with Crippen molar-refractivity contribution in [2.24, 2.45) is 0 Å². The molecule has 0 aliphatic rings. The summed E-state index contributed by atoms with van der Waals surface area (Å²) in [5, 5.41) is 8.50. The molecule has 0 atom stereocenters. The summed E-state index contributed by atoms with van der Waals surface area (Å²) in [5.74, 6) is 0.268. The van der Waals surface area contributed by atoms with Gasteiger partial charge in [0.1, 0.15) is 11.5 Å². The van der Waals surface area contributed by atoms with Crippen LogP contribution in [0, 0.1) is 3.57 Å². The molecule has 0 saturated carbocycles. The second kappa shape index (κ2) is 5.18. The van der Waals surface area contributed by atoms with Crippen molar-refractivity contribution in [2.75, 3.05) is 0 Å². The quantitative estimate of drug-likeness (QED) is 0.685. The summed E-state index contributed by atoms with van der Waals surface area (Å²) in [4.78, 5) is 10.4. The fourth-order valence-corrected chi connectivity index (χ4v) is 1.72. The molecule has 2 aromatic rings. The highest BCUT2D eigenvalue weighted by Gasteiger charge is 2.02. The zero-order valence-electron chi connectivity index (χ0n) is 8.76. The first-order chi connectivity index (χ1) is 8.15. The van der Waals surface area contributed by atoms with Gasteiger partial charge in [0.2, 0.25) is 0 Å². The molecule has 17 heavy (non-hydrogen) atoms. The molecule has 1 N–H and O–H groups in total. The number of carbonyl (C=O) groups is 1. The van der Waals surface area contributed by atoms with E-state index in [1.54, 1.807) is 6.07 Å². The van der Waals surface area contributed by atoms with E-state index in [2.05, 4.69) is 22.6 Å². The highest BCUT2D eigenvalue weighted by Crippen LogP contribution is 2.23. The van der Waals surface area contributed by atoms with Crippen molar-refractivity contribution in [2.45, 2.75) is 0 Å². The molecule has 2 rings (SSSR count). The number of halogens is 1. The van der Waals surface area contributed by atoms with E-state index in [4.69, 9.17) is 9.52 Å². The summed E-state index contributed by atoms with van der Waals surface area (Å²) in [6.07, 6.45) is 2.48. The fraction of sp³-hybridized carbons (Fsp3) is 0. The van der Waals surface area contributed by atoms with Crippen molar-refractivity contribution in [3.63, 3.8) is 0 Å². The Bertz CT molecular complexity index is 552. The standard InChI is InChI=1S/C13H9IO3/c14-10-3-1-9(2-4-10)12-7-5-11(17-12)6-8-13(15)16/h1-8H,(H,15,16)/b8-6+. The Labute approximate surface area is 112 Å². The Morgan fingerprint density at radius 3 is 2.53 bits per heavy atom. The topological polar surface area (TPSA) is 50.4 Å². The van der Waals surface area contributed by atoms with Crippen molar-refractivity contribution < 1.29 is 14.3 Å². The van der Waals surface area contributed by atoms with E-state index in [9.17, 15) is 4.79 Å². The number of hydrogen-bond donors (Lipinski definition) is 1. The minimum atomic E-state index is -0.989. The SMILES string of the molecule is O=C(O)/C=C/c1ccc(-c2ccc(I)cc2)o1. The van der Waals surface area contributed by atoms with Crippen LogP contribution in [0.15, 0.2) is 46.9 Å². The van der Waals surface area contributed by atoms with Gasteiger partial charge >= 0.3 is 5.97 Å². The molecule has 0 unspecified atom stereocenters. The van der Waals surface area contributed by atoms with Gasteiger partial charge in [0, 0.05) is 15.2 Å². The average Bonchev–Trinajstić information content (AvgIpc) is 2.76. The van der Waals surface area contributed by atoms with Gasteiger partial charge in [0.05, 0.1) is 0 Å². The molecule has 0 fully saturated rings. The van der Waals surface area contributed by atoms with Crippen molar-refractivity contribution >= 4 is 34.6 Å². The van der Waals surface area contributed by atoms with Crippen LogP contribution in [0.4, 0.5) is 0 Å². The molecule has 0 radical (unpaired) electrons. The van der Waals surface area contributed by atoms with E-state index in [0.29, 0.717) is 5.76 Å². The van der Waals surface area contributed by atoms with Gasteiger partial charge in [-0.25, -0.2) is 4.79 Å². The van der Waals surface area contributed by atoms with E-state index in [-0.39, 0.29) is 0 Å². The third kappa shape index (κ3) is 3.20. The van der Waals surface area contributed by atoms with E-state index in [1.165, 1.54) is 6.08 Å². The minimum Gasteiger partial charge on any atom is -0.478 e. The number of aliphatic carboxylic acids is 1. The molecule has 0 bridgehead atoms. The monoisotopic (exact) mass is 340 g/mol. The Balaban J connectivity index is 2.23. The number of carboxylic acids is 1. The highest BCUT2D eigenvalue weighted by molar-refractivity contribution is 14.1. The Kier molecular flexibility index (Phi) is 3.63. The fourth-order valence-electron chi connectivity index (χ4n) is 1.37. The summed E-state index contributed by atoms with van der Waals surface area (Å²) in [6, 6.07) is 11.5. The van der Waals surface area contributed by atoms with Crippen molar-refractivity contribution in [3.05, 3.63) is 51.8 Å². The molecular weight excluding hydrogens is 331 g/mol. The van der Waals surface area contributed by atoms with Gasteiger partial charge in [0.25, 0.3) is 0 Å². The molecule has 3 nitrogen and oxygen atoms in total. The normalized spacial score (nSPS) is 10.9. The van der Waals surface area contributed by atoms with Crippen LogP contribution in [-0.2, 0) is 4.79 Å². The zero-order valence-corrected chi connectivity index (χ0v) is 10.9. The summed E-state index contributed by atoms with van der Waals surface area (Å²) < 4.78 is 6.66. The summed E-state index contributed by atoms with van der Waals surface area (Å²) in [6.45, 7) is 0. The number of furan rings is 1. The van der Waals surface area contributed by atoms with Gasteiger partial charge in [-0.3, -0.25) is 0 Å². The second-order valence-corrected chi connectivity index (χ2v) is 4.63. The van der Waals surface area contributed by atoms with Gasteiger partial charge in [-0.2, -0.15) is 0 Å². The van der Waals surface area contributed by atoms with Crippen LogP contribution in [-0.4, -0.2) is 11.1 Å². The Morgan fingerprint density at radius 2 is 1.88 bits per heavy atom. The maximum Gasteiger partial charge on any atom is 0.328 e. The van der Waals surface area contributed by atoms with Crippen LogP contribution < -0.4 is 0 Å². The molecule has 0 spiro atoms. The molecule has 0 aliphatic carbocycles. The van der Waals surface area contributed by atoms with Crippen LogP contribution in [0.2, 0.25) is 0 Å². The summed E-state index contributed by atoms with van der Waals surface area (Å²) >= 11 is 2.23. The lowest BCUT2D eigenvalue weighted by atomic mass is 10.2. The molecule has 0 saturated heterocycles. The van der Waals surface area contributed by atoms with Crippen molar-refractivity contribution in [1.29, 1.82) is 0 Å².